The quantitative estimate of drug-likeness (QED) is 0.764. The van der Waals surface area contributed by atoms with Crippen molar-refractivity contribution in [2.24, 2.45) is 0 Å². The summed E-state index contributed by atoms with van der Waals surface area (Å²) in [4.78, 5) is 8.25. The van der Waals surface area contributed by atoms with Gasteiger partial charge in [-0.05, 0) is 31.4 Å². The highest BCUT2D eigenvalue weighted by Gasteiger charge is 1.97. The molecule has 0 bridgehead atoms. The number of anilines is 2. The lowest BCUT2D eigenvalue weighted by Gasteiger charge is -2.07. The molecule has 96 valence electrons. The molecule has 2 rings (SSSR count). The first-order valence-electron chi connectivity index (χ1n) is 6.17. The Labute approximate surface area is 107 Å². The summed E-state index contributed by atoms with van der Waals surface area (Å²) >= 11 is 0. The summed E-state index contributed by atoms with van der Waals surface area (Å²) < 4.78 is 2.09. The number of imidazole rings is 1. The van der Waals surface area contributed by atoms with E-state index in [1.807, 2.05) is 25.5 Å². The largest absolute Gasteiger partial charge is 0.397 e. The highest BCUT2D eigenvalue weighted by Crippen LogP contribution is 2.12. The standard InChI is InChI=1S/C13H19N5/c1-11-8-13(17-9-12(11)14)16-4-2-3-6-18-7-5-15-10-18/h5,7-10H,2-4,6,14H2,1H3,(H,16,17). The maximum atomic E-state index is 5.72. The number of unbranched alkanes of at least 4 members (excludes halogenated alkanes) is 1. The summed E-state index contributed by atoms with van der Waals surface area (Å²) in [5, 5.41) is 3.30. The minimum Gasteiger partial charge on any atom is -0.397 e. The Kier molecular flexibility index (Phi) is 4.17. The Morgan fingerprint density at radius 1 is 1.39 bits per heavy atom. The van der Waals surface area contributed by atoms with Crippen molar-refractivity contribution >= 4 is 11.5 Å². The first kappa shape index (κ1) is 12.4. The van der Waals surface area contributed by atoms with Crippen LogP contribution in [0.15, 0.2) is 31.0 Å². The third-order valence-electron chi connectivity index (χ3n) is 2.86. The minimum atomic E-state index is 0.737. The van der Waals surface area contributed by atoms with Gasteiger partial charge in [0.05, 0.1) is 18.2 Å². The number of hydrogen-bond donors (Lipinski definition) is 2. The lowest BCUT2D eigenvalue weighted by Crippen LogP contribution is -2.05. The van der Waals surface area contributed by atoms with E-state index in [0.717, 1.165) is 43.0 Å². The normalized spacial score (nSPS) is 10.5. The maximum absolute atomic E-state index is 5.72. The molecule has 0 radical (unpaired) electrons. The van der Waals surface area contributed by atoms with Gasteiger partial charge in [-0.3, -0.25) is 0 Å². The topological polar surface area (TPSA) is 68.8 Å². The number of nitrogens with one attached hydrogen (secondary N) is 1. The highest BCUT2D eigenvalue weighted by molar-refractivity contribution is 5.50. The van der Waals surface area contributed by atoms with E-state index in [1.165, 1.54) is 0 Å². The van der Waals surface area contributed by atoms with Gasteiger partial charge in [0.15, 0.2) is 0 Å². The van der Waals surface area contributed by atoms with Crippen LogP contribution in [-0.4, -0.2) is 21.1 Å². The fraction of sp³-hybridized carbons (Fsp3) is 0.385. The molecule has 2 aromatic heterocycles. The monoisotopic (exact) mass is 245 g/mol. The van der Waals surface area contributed by atoms with E-state index >= 15 is 0 Å². The molecule has 0 aliphatic carbocycles. The van der Waals surface area contributed by atoms with Crippen molar-refractivity contribution in [2.45, 2.75) is 26.3 Å². The van der Waals surface area contributed by atoms with Crippen LogP contribution < -0.4 is 11.1 Å². The van der Waals surface area contributed by atoms with Crippen LogP contribution in [0.5, 0.6) is 0 Å². The predicted octanol–water partition coefficient (Wildman–Crippen LogP) is 2.06. The lowest BCUT2D eigenvalue weighted by atomic mass is 10.2. The summed E-state index contributed by atoms with van der Waals surface area (Å²) in [6, 6.07) is 1.98. The molecule has 0 fully saturated rings. The number of hydrogen-bond acceptors (Lipinski definition) is 4. The molecule has 5 heteroatoms. The van der Waals surface area contributed by atoms with E-state index in [2.05, 4.69) is 19.9 Å². The SMILES string of the molecule is Cc1cc(NCCCCn2ccnc2)ncc1N. The first-order valence-corrected chi connectivity index (χ1v) is 6.17. The highest BCUT2D eigenvalue weighted by atomic mass is 15.0. The van der Waals surface area contributed by atoms with Gasteiger partial charge in [0.2, 0.25) is 0 Å². The number of aryl methyl sites for hydroxylation is 2. The molecule has 0 unspecified atom stereocenters. The summed E-state index contributed by atoms with van der Waals surface area (Å²) in [6.45, 7) is 3.92. The lowest BCUT2D eigenvalue weighted by molar-refractivity contribution is 0.620. The van der Waals surface area contributed by atoms with Crippen LogP contribution in [0.1, 0.15) is 18.4 Å². The van der Waals surface area contributed by atoms with Crippen LogP contribution in [0, 0.1) is 6.92 Å². The zero-order valence-corrected chi connectivity index (χ0v) is 10.6. The summed E-state index contributed by atoms with van der Waals surface area (Å²) in [5.41, 5.74) is 7.52. The molecule has 0 saturated carbocycles. The van der Waals surface area contributed by atoms with Crippen LogP contribution in [0.25, 0.3) is 0 Å². The van der Waals surface area contributed by atoms with Crippen LogP contribution >= 0.6 is 0 Å². The fourth-order valence-electron chi connectivity index (χ4n) is 1.72. The van der Waals surface area contributed by atoms with E-state index in [9.17, 15) is 0 Å². The second-order valence-corrected chi connectivity index (χ2v) is 4.36. The third-order valence-corrected chi connectivity index (χ3v) is 2.86. The van der Waals surface area contributed by atoms with E-state index in [1.54, 1.807) is 12.4 Å². The Morgan fingerprint density at radius 2 is 2.28 bits per heavy atom. The Bertz CT molecular complexity index is 478. The van der Waals surface area contributed by atoms with Crippen LogP contribution in [0.2, 0.25) is 0 Å². The van der Waals surface area contributed by atoms with Crippen molar-refractivity contribution in [1.82, 2.24) is 14.5 Å². The Balaban J connectivity index is 1.67. The van der Waals surface area contributed by atoms with Crippen molar-refractivity contribution in [1.29, 1.82) is 0 Å². The van der Waals surface area contributed by atoms with Crippen LogP contribution in [0.3, 0.4) is 0 Å². The molecular weight excluding hydrogens is 226 g/mol. The van der Waals surface area contributed by atoms with Gasteiger partial charge in [-0.15, -0.1) is 0 Å². The van der Waals surface area contributed by atoms with E-state index in [4.69, 9.17) is 5.73 Å². The van der Waals surface area contributed by atoms with Crippen molar-refractivity contribution in [3.05, 3.63) is 36.5 Å². The third kappa shape index (κ3) is 3.48. The predicted molar refractivity (Wildman–Crippen MR) is 73.3 cm³/mol. The summed E-state index contributed by atoms with van der Waals surface area (Å²) in [6.07, 6.45) is 9.56. The van der Waals surface area contributed by atoms with Gasteiger partial charge < -0.3 is 15.6 Å². The second kappa shape index (κ2) is 6.05. The first-order chi connectivity index (χ1) is 8.75. The van der Waals surface area contributed by atoms with Crippen molar-refractivity contribution in [3.63, 3.8) is 0 Å². The average molecular weight is 245 g/mol. The van der Waals surface area contributed by atoms with E-state index < -0.39 is 0 Å². The second-order valence-electron chi connectivity index (χ2n) is 4.36. The van der Waals surface area contributed by atoms with Crippen molar-refractivity contribution in [2.75, 3.05) is 17.6 Å². The summed E-state index contributed by atoms with van der Waals surface area (Å²) in [7, 11) is 0. The van der Waals surface area contributed by atoms with Crippen molar-refractivity contribution < 1.29 is 0 Å². The molecule has 0 spiro atoms. The van der Waals surface area contributed by atoms with Gasteiger partial charge in [0.1, 0.15) is 5.82 Å². The van der Waals surface area contributed by atoms with Gasteiger partial charge in [-0.1, -0.05) is 0 Å². The maximum Gasteiger partial charge on any atom is 0.126 e. The molecule has 0 atom stereocenters. The smallest absolute Gasteiger partial charge is 0.126 e. The van der Waals surface area contributed by atoms with E-state index in [0.29, 0.717) is 0 Å². The van der Waals surface area contributed by atoms with Crippen molar-refractivity contribution in [3.8, 4) is 0 Å². The van der Waals surface area contributed by atoms with Crippen LogP contribution in [-0.2, 0) is 6.54 Å². The molecule has 0 amide bonds. The molecule has 0 saturated heterocycles. The zero-order valence-electron chi connectivity index (χ0n) is 10.6. The van der Waals surface area contributed by atoms with E-state index in [-0.39, 0.29) is 0 Å². The number of rotatable bonds is 6. The molecule has 0 aromatic carbocycles. The average Bonchev–Trinajstić information content (AvgIpc) is 2.86. The Morgan fingerprint density at radius 3 is 3.00 bits per heavy atom. The molecule has 2 aromatic rings. The zero-order chi connectivity index (χ0) is 12.8. The molecule has 3 N–H and O–H groups in total. The number of pyridine rings is 1. The fourth-order valence-corrected chi connectivity index (χ4v) is 1.72. The number of nitrogen functional groups attached to an aromatic ring is 1. The minimum absolute atomic E-state index is 0.737. The van der Waals surface area contributed by atoms with Gasteiger partial charge in [-0.2, -0.15) is 0 Å². The molecule has 5 nitrogen and oxygen atoms in total. The number of aromatic nitrogens is 3. The Hall–Kier alpha value is -2.04. The van der Waals surface area contributed by atoms with Gasteiger partial charge in [0, 0.05) is 25.5 Å². The number of nitrogens with zero attached hydrogens (tertiary/aromatic N) is 3. The molecule has 0 aliphatic heterocycles. The van der Waals surface area contributed by atoms with Gasteiger partial charge in [0.25, 0.3) is 0 Å². The van der Waals surface area contributed by atoms with Gasteiger partial charge in [-0.25, -0.2) is 9.97 Å². The number of nitrogens with two attached hydrogens (primary N) is 1. The molecule has 0 aliphatic rings. The summed E-state index contributed by atoms with van der Waals surface area (Å²) in [5.74, 6) is 0.893. The molecular formula is C13H19N5. The van der Waals surface area contributed by atoms with Crippen LogP contribution in [0.4, 0.5) is 11.5 Å². The molecule has 2 heterocycles. The molecule has 18 heavy (non-hydrogen) atoms. The van der Waals surface area contributed by atoms with Gasteiger partial charge >= 0.3 is 0 Å².